The van der Waals surface area contributed by atoms with Gasteiger partial charge in [-0.15, -0.1) is 0 Å². The molecule has 1 aliphatic rings. The summed E-state index contributed by atoms with van der Waals surface area (Å²) in [6.07, 6.45) is 7.40. The van der Waals surface area contributed by atoms with Crippen LogP contribution in [0.5, 0.6) is 0 Å². The molecule has 0 saturated carbocycles. The van der Waals surface area contributed by atoms with Crippen molar-refractivity contribution in [1.82, 2.24) is 4.90 Å². The maximum absolute atomic E-state index is 11.4. The predicted molar refractivity (Wildman–Crippen MR) is 83.0 cm³/mol. The Morgan fingerprint density at radius 2 is 1.80 bits per heavy atom. The van der Waals surface area contributed by atoms with Crippen LogP contribution in [0.1, 0.15) is 21.8 Å². The van der Waals surface area contributed by atoms with Gasteiger partial charge in [-0.2, -0.15) is 0 Å². The summed E-state index contributed by atoms with van der Waals surface area (Å²) in [5, 5.41) is 2.28. The number of aldehydes is 1. The molecule has 0 aromatic heterocycles. The second-order valence-electron chi connectivity index (χ2n) is 5.32. The van der Waals surface area contributed by atoms with E-state index in [1.165, 1.54) is 11.1 Å². The number of hydrogen-bond acceptors (Lipinski definition) is 2. The molecular formula is C18H17NO. The number of allylic oxidation sites excluding steroid dienone is 3. The van der Waals surface area contributed by atoms with Gasteiger partial charge in [0.15, 0.2) is 0 Å². The number of rotatable bonds is 3. The smallest absolute Gasteiger partial charge is 0.150 e. The minimum absolute atomic E-state index is 0.178. The molecular weight excluding hydrogens is 246 g/mol. The number of benzene rings is 2. The summed E-state index contributed by atoms with van der Waals surface area (Å²) in [5.41, 5.74) is 3.03. The molecule has 0 saturated heterocycles. The first-order valence-corrected chi connectivity index (χ1v) is 6.74. The van der Waals surface area contributed by atoms with Gasteiger partial charge in [0.25, 0.3) is 0 Å². The summed E-state index contributed by atoms with van der Waals surface area (Å²) in [4.78, 5) is 13.5. The third-order valence-corrected chi connectivity index (χ3v) is 3.78. The summed E-state index contributed by atoms with van der Waals surface area (Å²) in [7, 11) is 4.05. The van der Waals surface area contributed by atoms with E-state index in [1.54, 1.807) is 0 Å². The fourth-order valence-corrected chi connectivity index (χ4v) is 2.66. The molecule has 20 heavy (non-hydrogen) atoms. The van der Waals surface area contributed by atoms with Gasteiger partial charge in [-0.1, -0.05) is 30.3 Å². The Kier molecular flexibility index (Phi) is 3.15. The van der Waals surface area contributed by atoms with E-state index >= 15 is 0 Å². The third-order valence-electron chi connectivity index (χ3n) is 3.78. The van der Waals surface area contributed by atoms with E-state index in [9.17, 15) is 4.79 Å². The quantitative estimate of drug-likeness (QED) is 0.786. The average Bonchev–Trinajstić information content (AvgIpc) is 2.95. The van der Waals surface area contributed by atoms with Crippen molar-refractivity contribution in [2.24, 2.45) is 0 Å². The Morgan fingerprint density at radius 1 is 1.10 bits per heavy atom. The van der Waals surface area contributed by atoms with Crippen LogP contribution >= 0.6 is 0 Å². The van der Waals surface area contributed by atoms with Gasteiger partial charge in [0.05, 0.1) is 0 Å². The average molecular weight is 263 g/mol. The monoisotopic (exact) mass is 263 g/mol. The van der Waals surface area contributed by atoms with Gasteiger partial charge in [-0.3, -0.25) is 4.79 Å². The van der Waals surface area contributed by atoms with Gasteiger partial charge in [-0.25, -0.2) is 0 Å². The first-order chi connectivity index (χ1) is 9.69. The second-order valence-corrected chi connectivity index (χ2v) is 5.32. The molecule has 2 nitrogen and oxygen atoms in total. The molecule has 3 rings (SSSR count). The molecule has 2 heteroatoms. The lowest BCUT2D eigenvalue weighted by molar-refractivity contribution is 0.112. The number of carbonyl (C=O) groups is 1. The van der Waals surface area contributed by atoms with Crippen molar-refractivity contribution >= 4 is 17.1 Å². The largest absolute Gasteiger partial charge is 0.378 e. The van der Waals surface area contributed by atoms with Crippen molar-refractivity contribution in [1.29, 1.82) is 0 Å². The maximum atomic E-state index is 11.4. The summed E-state index contributed by atoms with van der Waals surface area (Å²) >= 11 is 0. The first-order valence-electron chi connectivity index (χ1n) is 6.74. The molecule has 2 aromatic carbocycles. The fourth-order valence-electron chi connectivity index (χ4n) is 2.66. The molecule has 1 unspecified atom stereocenters. The molecule has 0 spiro atoms. The minimum Gasteiger partial charge on any atom is -0.378 e. The van der Waals surface area contributed by atoms with Crippen LogP contribution in [-0.2, 0) is 0 Å². The SMILES string of the molecule is CN(C)C1=CC(c2cc3ccccc3cc2C=O)C=C1. The van der Waals surface area contributed by atoms with Crippen molar-refractivity contribution in [3.05, 3.63) is 71.5 Å². The van der Waals surface area contributed by atoms with E-state index in [2.05, 4.69) is 35.3 Å². The summed E-state index contributed by atoms with van der Waals surface area (Å²) in [6.45, 7) is 0. The number of nitrogens with zero attached hydrogens (tertiary/aromatic N) is 1. The summed E-state index contributed by atoms with van der Waals surface area (Å²) in [5.74, 6) is 0.178. The Balaban J connectivity index is 2.12. The predicted octanol–water partition coefficient (Wildman–Crippen LogP) is 3.75. The molecule has 1 atom stereocenters. The fraction of sp³-hybridized carbons (Fsp3) is 0.167. The van der Waals surface area contributed by atoms with E-state index < -0.39 is 0 Å². The Morgan fingerprint density at radius 3 is 2.40 bits per heavy atom. The minimum atomic E-state index is 0.178. The van der Waals surface area contributed by atoms with Crippen LogP contribution in [0.3, 0.4) is 0 Å². The van der Waals surface area contributed by atoms with E-state index in [-0.39, 0.29) is 5.92 Å². The number of likely N-dealkylation sites (N-methyl/N-ethyl adjacent to an activating group) is 1. The Labute approximate surface area is 119 Å². The Hall–Kier alpha value is -2.35. The molecule has 0 heterocycles. The van der Waals surface area contributed by atoms with Gasteiger partial charge in [0.1, 0.15) is 6.29 Å². The van der Waals surface area contributed by atoms with Crippen LogP contribution in [0.15, 0.2) is 60.3 Å². The zero-order chi connectivity index (χ0) is 14.1. The topological polar surface area (TPSA) is 20.3 Å². The van der Waals surface area contributed by atoms with Crippen molar-refractivity contribution in [3.8, 4) is 0 Å². The highest BCUT2D eigenvalue weighted by Gasteiger charge is 2.16. The lowest BCUT2D eigenvalue weighted by Crippen LogP contribution is -2.07. The van der Waals surface area contributed by atoms with E-state index in [1.807, 2.05) is 38.4 Å². The van der Waals surface area contributed by atoms with Gasteiger partial charge in [0.2, 0.25) is 0 Å². The standard InChI is InChI=1S/C18H17NO/c1-19(2)17-8-7-15(10-17)18-11-14-6-4-3-5-13(14)9-16(18)12-20/h3-12,15H,1-2H3. The zero-order valence-electron chi connectivity index (χ0n) is 11.7. The highest BCUT2D eigenvalue weighted by atomic mass is 16.1. The maximum Gasteiger partial charge on any atom is 0.150 e. The first kappa shape index (κ1) is 12.7. The van der Waals surface area contributed by atoms with Crippen molar-refractivity contribution in [3.63, 3.8) is 0 Å². The van der Waals surface area contributed by atoms with Crippen LogP contribution < -0.4 is 0 Å². The van der Waals surface area contributed by atoms with Crippen LogP contribution in [0.4, 0.5) is 0 Å². The van der Waals surface area contributed by atoms with E-state index in [0.29, 0.717) is 0 Å². The van der Waals surface area contributed by atoms with Crippen LogP contribution in [0.2, 0.25) is 0 Å². The van der Waals surface area contributed by atoms with Gasteiger partial charge < -0.3 is 4.90 Å². The highest BCUT2D eigenvalue weighted by molar-refractivity contribution is 5.91. The second kappa shape index (κ2) is 4.97. The molecule has 0 N–H and O–H groups in total. The molecule has 2 aromatic rings. The highest BCUT2D eigenvalue weighted by Crippen LogP contribution is 2.31. The van der Waals surface area contributed by atoms with Gasteiger partial charge in [0, 0.05) is 31.3 Å². The number of carbonyl (C=O) groups excluding carboxylic acids is 1. The van der Waals surface area contributed by atoms with Crippen molar-refractivity contribution in [2.45, 2.75) is 5.92 Å². The third kappa shape index (κ3) is 2.14. The number of hydrogen-bond donors (Lipinski definition) is 0. The Bertz CT molecular complexity index is 725. The number of fused-ring (bicyclic) bond motifs is 1. The van der Waals surface area contributed by atoms with Crippen LogP contribution in [0, 0.1) is 0 Å². The normalized spacial score (nSPS) is 17.3. The van der Waals surface area contributed by atoms with Crippen molar-refractivity contribution in [2.75, 3.05) is 14.1 Å². The van der Waals surface area contributed by atoms with Crippen molar-refractivity contribution < 1.29 is 4.79 Å². The van der Waals surface area contributed by atoms with Gasteiger partial charge in [-0.05, 0) is 40.6 Å². The molecule has 1 aliphatic carbocycles. The zero-order valence-corrected chi connectivity index (χ0v) is 11.7. The van der Waals surface area contributed by atoms with Gasteiger partial charge >= 0.3 is 0 Å². The summed E-state index contributed by atoms with van der Waals surface area (Å²) in [6, 6.07) is 12.3. The molecule has 0 radical (unpaired) electrons. The van der Waals surface area contributed by atoms with E-state index in [0.717, 1.165) is 22.8 Å². The molecule has 100 valence electrons. The molecule has 0 amide bonds. The van der Waals surface area contributed by atoms with Crippen LogP contribution in [0.25, 0.3) is 10.8 Å². The molecule has 0 fully saturated rings. The lowest BCUT2D eigenvalue weighted by atomic mass is 9.92. The molecule has 0 aliphatic heterocycles. The lowest BCUT2D eigenvalue weighted by Gasteiger charge is -2.13. The molecule has 0 bridgehead atoms. The van der Waals surface area contributed by atoms with Crippen LogP contribution in [-0.4, -0.2) is 25.3 Å². The summed E-state index contributed by atoms with van der Waals surface area (Å²) < 4.78 is 0. The van der Waals surface area contributed by atoms with E-state index in [4.69, 9.17) is 0 Å².